The van der Waals surface area contributed by atoms with Gasteiger partial charge in [0.1, 0.15) is 5.75 Å². The molecule has 1 heterocycles. The van der Waals surface area contributed by atoms with Crippen LogP contribution < -0.4 is 4.74 Å². The highest BCUT2D eigenvalue weighted by atomic mass is 127. The fourth-order valence-corrected chi connectivity index (χ4v) is 3.67. The fraction of sp³-hybridized carbons (Fsp3) is 0.200. The molecule has 2 aromatic rings. The summed E-state index contributed by atoms with van der Waals surface area (Å²) in [5, 5.41) is 1.20. The largest absolute Gasteiger partial charge is 0.493 e. The second-order valence-electron chi connectivity index (χ2n) is 2.78. The van der Waals surface area contributed by atoms with E-state index in [-0.39, 0.29) is 0 Å². The number of thiophene rings is 1. The molecule has 0 radical (unpaired) electrons. The van der Waals surface area contributed by atoms with Crippen LogP contribution >= 0.6 is 46.6 Å². The molecule has 0 saturated heterocycles. The lowest BCUT2D eigenvalue weighted by molar-refractivity contribution is 0.344. The molecule has 74 valence electrons. The predicted octanol–water partition coefficient (Wildman–Crippen LogP) is 4.19. The van der Waals surface area contributed by atoms with Crippen molar-refractivity contribution in [1.29, 1.82) is 0 Å². The number of hydrogen-bond donors (Lipinski definition) is 1. The van der Waals surface area contributed by atoms with Crippen LogP contribution in [0.15, 0.2) is 22.4 Å². The molecule has 0 unspecified atom stereocenters. The van der Waals surface area contributed by atoms with Gasteiger partial charge in [0.25, 0.3) is 0 Å². The summed E-state index contributed by atoms with van der Waals surface area (Å²) in [6.07, 6.45) is 0. The molecule has 0 aliphatic rings. The van der Waals surface area contributed by atoms with Crippen LogP contribution in [0.2, 0.25) is 0 Å². The van der Waals surface area contributed by atoms with Gasteiger partial charge in [-0.25, -0.2) is 0 Å². The van der Waals surface area contributed by atoms with Crippen molar-refractivity contribution in [2.24, 2.45) is 0 Å². The van der Waals surface area contributed by atoms with Crippen LogP contribution in [-0.4, -0.2) is 6.61 Å². The first-order valence-corrected chi connectivity index (χ1v) is 6.61. The van der Waals surface area contributed by atoms with Crippen molar-refractivity contribution in [2.45, 2.75) is 11.1 Å². The van der Waals surface area contributed by atoms with E-state index >= 15 is 0 Å². The lowest BCUT2D eigenvalue weighted by Gasteiger charge is -2.04. The maximum absolute atomic E-state index is 5.58. The molecule has 2 rings (SSSR count). The summed E-state index contributed by atoms with van der Waals surface area (Å²) in [5.74, 6) is 0.964. The molecular weight excluding hydrogens is 327 g/mol. The second kappa shape index (κ2) is 4.28. The second-order valence-corrected chi connectivity index (χ2v) is 5.66. The van der Waals surface area contributed by atoms with Crippen molar-refractivity contribution < 1.29 is 4.74 Å². The summed E-state index contributed by atoms with van der Waals surface area (Å²) in [5.41, 5.74) is 0. The SMILES string of the molecule is CCOc1cccc2sc(S)c(I)c12. The number of hydrogen-bond acceptors (Lipinski definition) is 3. The van der Waals surface area contributed by atoms with Gasteiger partial charge in [-0.05, 0) is 41.6 Å². The quantitative estimate of drug-likeness (QED) is 0.639. The van der Waals surface area contributed by atoms with Crippen molar-refractivity contribution in [3.63, 3.8) is 0 Å². The zero-order chi connectivity index (χ0) is 10.1. The number of ether oxygens (including phenoxy) is 1. The Kier molecular flexibility index (Phi) is 3.23. The first-order chi connectivity index (χ1) is 6.74. The van der Waals surface area contributed by atoms with Gasteiger partial charge in [-0.15, -0.1) is 24.0 Å². The normalized spacial score (nSPS) is 10.8. The van der Waals surface area contributed by atoms with Gasteiger partial charge >= 0.3 is 0 Å². The molecular formula is C10H9IOS2. The lowest BCUT2D eigenvalue weighted by Crippen LogP contribution is -1.91. The van der Waals surface area contributed by atoms with Crippen molar-refractivity contribution >= 4 is 56.6 Å². The molecule has 0 aliphatic carbocycles. The summed E-state index contributed by atoms with van der Waals surface area (Å²) in [4.78, 5) is 0. The summed E-state index contributed by atoms with van der Waals surface area (Å²) in [6.45, 7) is 2.70. The zero-order valence-corrected chi connectivity index (χ0v) is 11.4. The maximum Gasteiger partial charge on any atom is 0.129 e. The molecule has 0 amide bonds. The molecule has 0 spiro atoms. The van der Waals surface area contributed by atoms with E-state index in [2.05, 4.69) is 41.3 Å². The van der Waals surface area contributed by atoms with Crippen molar-refractivity contribution in [1.82, 2.24) is 0 Å². The van der Waals surface area contributed by atoms with Crippen LogP contribution in [0.1, 0.15) is 6.92 Å². The van der Waals surface area contributed by atoms with Gasteiger partial charge in [0.15, 0.2) is 0 Å². The Balaban J connectivity index is 2.71. The van der Waals surface area contributed by atoms with Gasteiger partial charge in [0, 0.05) is 13.7 Å². The highest BCUT2D eigenvalue weighted by molar-refractivity contribution is 14.1. The molecule has 14 heavy (non-hydrogen) atoms. The maximum atomic E-state index is 5.58. The number of halogens is 1. The smallest absolute Gasteiger partial charge is 0.129 e. The van der Waals surface area contributed by atoms with Crippen molar-refractivity contribution in [3.05, 3.63) is 21.8 Å². The van der Waals surface area contributed by atoms with E-state index in [1.807, 2.05) is 19.1 Å². The summed E-state index contributed by atoms with van der Waals surface area (Å²) in [6, 6.07) is 6.13. The van der Waals surface area contributed by atoms with Gasteiger partial charge < -0.3 is 4.74 Å². The highest BCUT2D eigenvalue weighted by Gasteiger charge is 2.11. The first-order valence-electron chi connectivity index (χ1n) is 4.26. The van der Waals surface area contributed by atoms with E-state index < -0.39 is 0 Å². The van der Waals surface area contributed by atoms with Gasteiger partial charge in [-0.3, -0.25) is 0 Å². The average Bonchev–Trinajstić information content (AvgIpc) is 2.45. The number of benzene rings is 1. The first kappa shape index (κ1) is 10.6. The Labute approximate surface area is 106 Å². The molecule has 0 fully saturated rings. The Morgan fingerprint density at radius 1 is 1.50 bits per heavy atom. The summed E-state index contributed by atoms with van der Waals surface area (Å²) >= 11 is 8.44. The number of fused-ring (bicyclic) bond motifs is 1. The Morgan fingerprint density at radius 3 is 3.00 bits per heavy atom. The predicted molar refractivity (Wildman–Crippen MR) is 73.0 cm³/mol. The Bertz CT molecular complexity index is 464. The average molecular weight is 336 g/mol. The van der Waals surface area contributed by atoms with Crippen LogP contribution in [0.4, 0.5) is 0 Å². The number of thiol groups is 1. The molecule has 1 nitrogen and oxygen atoms in total. The molecule has 0 N–H and O–H groups in total. The minimum atomic E-state index is 0.701. The minimum Gasteiger partial charge on any atom is -0.493 e. The molecule has 0 atom stereocenters. The van der Waals surface area contributed by atoms with Gasteiger partial charge in [0.05, 0.1) is 10.8 Å². The molecule has 4 heteroatoms. The molecule has 1 aromatic heterocycles. The summed E-state index contributed by atoms with van der Waals surface area (Å²) < 4.78 is 9.07. The minimum absolute atomic E-state index is 0.701. The van der Waals surface area contributed by atoms with Gasteiger partial charge in [-0.2, -0.15) is 0 Å². The van der Waals surface area contributed by atoms with E-state index in [9.17, 15) is 0 Å². The van der Waals surface area contributed by atoms with Crippen molar-refractivity contribution in [3.8, 4) is 5.75 Å². The highest BCUT2D eigenvalue weighted by Crippen LogP contribution is 2.39. The van der Waals surface area contributed by atoms with Crippen LogP contribution in [0.25, 0.3) is 10.1 Å². The summed E-state index contributed by atoms with van der Waals surface area (Å²) in [7, 11) is 0. The van der Waals surface area contributed by atoms with Crippen LogP contribution in [-0.2, 0) is 0 Å². The number of rotatable bonds is 2. The lowest BCUT2D eigenvalue weighted by atomic mass is 10.2. The van der Waals surface area contributed by atoms with Crippen molar-refractivity contribution in [2.75, 3.05) is 6.61 Å². The van der Waals surface area contributed by atoms with E-state index in [0.29, 0.717) is 6.61 Å². The van der Waals surface area contributed by atoms with Gasteiger partial charge in [0.2, 0.25) is 0 Å². The van der Waals surface area contributed by atoms with Crippen LogP contribution in [0.5, 0.6) is 5.75 Å². The van der Waals surface area contributed by atoms with E-state index in [0.717, 1.165) is 9.96 Å². The third-order valence-electron chi connectivity index (χ3n) is 1.90. The molecule has 1 aromatic carbocycles. The topological polar surface area (TPSA) is 9.23 Å². The Hall–Kier alpha value is 0.0600. The molecule has 0 bridgehead atoms. The third-order valence-corrected chi connectivity index (χ3v) is 5.23. The zero-order valence-electron chi connectivity index (χ0n) is 7.58. The van der Waals surface area contributed by atoms with E-state index in [4.69, 9.17) is 4.74 Å². The van der Waals surface area contributed by atoms with E-state index in [1.54, 1.807) is 11.3 Å². The van der Waals surface area contributed by atoms with Crippen LogP contribution in [0, 0.1) is 3.57 Å². The Morgan fingerprint density at radius 2 is 2.29 bits per heavy atom. The van der Waals surface area contributed by atoms with Gasteiger partial charge in [-0.1, -0.05) is 6.07 Å². The standard InChI is InChI=1S/C10H9IOS2/c1-2-12-6-4-3-5-7-8(6)9(11)10(13)14-7/h3-5,13H,2H2,1H3. The monoisotopic (exact) mass is 336 g/mol. The fourth-order valence-electron chi connectivity index (χ4n) is 1.34. The van der Waals surface area contributed by atoms with E-state index in [1.165, 1.54) is 13.7 Å². The molecule has 0 saturated carbocycles. The van der Waals surface area contributed by atoms with Crippen LogP contribution in [0.3, 0.4) is 0 Å². The third kappa shape index (κ3) is 1.75. The molecule has 0 aliphatic heterocycles.